The van der Waals surface area contributed by atoms with E-state index in [1.807, 2.05) is 0 Å². The van der Waals surface area contributed by atoms with Gasteiger partial charge in [0.05, 0.1) is 12.7 Å². The Bertz CT molecular complexity index is 147. The zero-order valence-corrected chi connectivity index (χ0v) is 8.47. The van der Waals surface area contributed by atoms with Crippen LogP contribution in [0.1, 0.15) is 27.2 Å². The van der Waals surface area contributed by atoms with Crippen LogP contribution >= 0.6 is 0 Å². The highest BCUT2D eigenvalue weighted by Gasteiger charge is 2.12. The normalized spacial score (nSPS) is 13.0. The molecule has 0 aliphatic rings. The van der Waals surface area contributed by atoms with Crippen molar-refractivity contribution in [2.24, 2.45) is 5.92 Å². The number of hydrogen-bond donors (Lipinski definition) is 0. The summed E-state index contributed by atoms with van der Waals surface area (Å²) in [4.78, 5) is 0. The first-order valence-corrected chi connectivity index (χ1v) is 4.54. The third kappa shape index (κ3) is 3.72. The second-order valence-electron chi connectivity index (χ2n) is 3.25. The highest BCUT2D eigenvalue weighted by Crippen LogP contribution is 2.17. The maximum atomic E-state index is 5.55. The molecule has 0 saturated carbocycles. The van der Waals surface area contributed by atoms with Crippen molar-refractivity contribution in [3.63, 3.8) is 0 Å². The summed E-state index contributed by atoms with van der Waals surface area (Å²) in [5, 5.41) is 0. The van der Waals surface area contributed by atoms with Gasteiger partial charge in [-0.05, 0) is 17.9 Å². The first-order valence-electron chi connectivity index (χ1n) is 4.54. The average molecular weight is 168 g/mol. The Labute approximate surface area is 76.1 Å². The van der Waals surface area contributed by atoms with Crippen molar-refractivity contribution in [3.8, 4) is 0 Å². The predicted octanol–water partition coefficient (Wildman–Crippen LogP) is 3.18. The molecule has 0 radical (unpaired) electrons. The predicted molar refractivity (Wildman–Crippen MR) is 54.2 cm³/mol. The van der Waals surface area contributed by atoms with E-state index in [-0.39, 0.29) is 6.10 Å². The molecular formula is C11H20O. The summed E-state index contributed by atoms with van der Waals surface area (Å²) in [6, 6.07) is 0. The van der Waals surface area contributed by atoms with Crippen molar-refractivity contribution in [1.29, 1.82) is 0 Å². The summed E-state index contributed by atoms with van der Waals surface area (Å²) in [6.45, 7) is 14.6. The van der Waals surface area contributed by atoms with Gasteiger partial charge in [-0.2, -0.15) is 0 Å². The van der Waals surface area contributed by atoms with E-state index in [0.29, 0.717) is 12.5 Å². The van der Waals surface area contributed by atoms with Crippen LogP contribution in [0.3, 0.4) is 0 Å². The van der Waals surface area contributed by atoms with Gasteiger partial charge in [-0.15, -0.1) is 6.58 Å². The Morgan fingerprint density at radius 1 is 1.50 bits per heavy atom. The molecule has 12 heavy (non-hydrogen) atoms. The Hall–Kier alpha value is -0.560. The maximum Gasteiger partial charge on any atom is 0.0786 e. The van der Waals surface area contributed by atoms with Crippen LogP contribution in [0.15, 0.2) is 24.8 Å². The zero-order chi connectivity index (χ0) is 9.56. The summed E-state index contributed by atoms with van der Waals surface area (Å²) < 4.78 is 5.55. The van der Waals surface area contributed by atoms with Crippen molar-refractivity contribution in [2.45, 2.75) is 33.3 Å². The molecule has 0 aromatic carbocycles. The van der Waals surface area contributed by atoms with Crippen LogP contribution in [0, 0.1) is 5.92 Å². The van der Waals surface area contributed by atoms with Crippen molar-refractivity contribution >= 4 is 0 Å². The van der Waals surface area contributed by atoms with Gasteiger partial charge in [0.2, 0.25) is 0 Å². The topological polar surface area (TPSA) is 9.23 Å². The molecule has 0 N–H and O–H groups in total. The molecule has 0 saturated heterocycles. The molecule has 1 nitrogen and oxygen atoms in total. The van der Waals surface area contributed by atoms with Gasteiger partial charge in [0.25, 0.3) is 0 Å². The molecule has 0 spiro atoms. The molecule has 0 heterocycles. The van der Waals surface area contributed by atoms with E-state index in [9.17, 15) is 0 Å². The van der Waals surface area contributed by atoms with E-state index in [0.717, 1.165) is 6.42 Å². The lowest BCUT2D eigenvalue weighted by atomic mass is 9.98. The lowest BCUT2D eigenvalue weighted by molar-refractivity contribution is 0.0921. The van der Waals surface area contributed by atoms with Crippen LogP contribution in [0.2, 0.25) is 0 Å². The summed E-state index contributed by atoms with van der Waals surface area (Å²) in [6.07, 6.45) is 2.96. The molecule has 0 fully saturated rings. The van der Waals surface area contributed by atoms with Gasteiger partial charge in [-0.1, -0.05) is 33.4 Å². The Kier molecular flexibility index (Phi) is 5.73. The summed E-state index contributed by atoms with van der Waals surface area (Å²) in [7, 11) is 0. The molecular weight excluding hydrogens is 148 g/mol. The fourth-order valence-corrected chi connectivity index (χ4v) is 1.04. The van der Waals surface area contributed by atoms with Crippen LogP contribution in [0.25, 0.3) is 0 Å². The highest BCUT2D eigenvalue weighted by molar-refractivity contribution is 5.04. The van der Waals surface area contributed by atoms with Gasteiger partial charge in [0.1, 0.15) is 0 Å². The molecule has 70 valence electrons. The molecule has 1 atom stereocenters. The van der Waals surface area contributed by atoms with Crippen LogP contribution in [0.4, 0.5) is 0 Å². The molecule has 0 aromatic rings. The fraction of sp³-hybridized carbons (Fsp3) is 0.636. The second kappa shape index (κ2) is 6.01. The first kappa shape index (κ1) is 11.4. The van der Waals surface area contributed by atoms with E-state index in [2.05, 4.69) is 33.9 Å². The van der Waals surface area contributed by atoms with E-state index in [4.69, 9.17) is 4.74 Å². The Morgan fingerprint density at radius 3 is 2.42 bits per heavy atom. The summed E-state index contributed by atoms with van der Waals surface area (Å²) in [5.74, 6) is 0.500. The summed E-state index contributed by atoms with van der Waals surface area (Å²) in [5.41, 5.74) is 1.18. The van der Waals surface area contributed by atoms with Crippen LogP contribution in [-0.2, 0) is 4.74 Å². The molecule has 1 heteroatoms. The zero-order valence-electron chi connectivity index (χ0n) is 8.47. The molecule has 0 aromatic heterocycles. The van der Waals surface area contributed by atoms with Crippen LogP contribution < -0.4 is 0 Å². The minimum Gasteiger partial charge on any atom is -0.370 e. The highest BCUT2D eigenvalue weighted by atomic mass is 16.5. The molecule has 0 amide bonds. The smallest absolute Gasteiger partial charge is 0.0786 e. The third-order valence-corrected chi connectivity index (χ3v) is 1.94. The first-order chi connectivity index (χ1) is 5.63. The van der Waals surface area contributed by atoms with Crippen LogP contribution in [-0.4, -0.2) is 12.7 Å². The molecule has 0 bridgehead atoms. The fourth-order valence-electron chi connectivity index (χ4n) is 1.04. The number of hydrogen-bond acceptors (Lipinski definition) is 1. The van der Waals surface area contributed by atoms with E-state index < -0.39 is 0 Å². The van der Waals surface area contributed by atoms with Crippen molar-refractivity contribution in [3.05, 3.63) is 24.8 Å². The second-order valence-corrected chi connectivity index (χ2v) is 3.25. The van der Waals surface area contributed by atoms with E-state index in [1.54, 1.807) is 6.08 Å². The molecule has 0 aliphatic carbocycles. The Balaban J connectivity index is 3.96. The monoisotopic (exact) mass is 168 g/mol. The van der Waals surface area contributed by atoms with Gasteiger partial charge in [-0.25, -0.2) is 0 Å². The van der Waals surface area contributed by atoms with Gasteiger partial charge < -0.3 is 4.74 Å². The number of ether oxygens (including phenoxy) is 1. The molecule has 0 rings (SSSR count). The van der Waals surface area contributed by atoms with Gasteiger partial charge >= 0.3 is 0 Å². The lowest BCUT2D eigenvalue weighted by Gasteiger charge is -2.20. The van der Waals surface area contributed by atoms with Gasteiger partial charge in [0, 0.05) is 0 Å². The molecule has 1 unspecified atom stereocenters. The third-order valence-electron chi connectivity index (χ3n) is 1.94. The van der Waals surface area contributed by atoms with Gasteiger partial charge in [0.15, 0.2) is 0 Å². The molecule has 0 aliphatic heterocycles. The quantitative estimate of drug-likeness (QED) is 0.553. The van der Waals surface area contributed by atoms with E-state index >= 15 is 0 Å². The SMILES string of the molecule is C=CCOC(CC)C(=C)C(C)C. The average Bonchev–Trinajstić information content (AvgIpc) is 2.05. The minimum absolute atomic E-state index is 0.197. The van der Waals surface area contributed by atoms with E-state index in [1.165, 1.54) is 5.57 Å². The Morgan fingerprint density at radius 2 is 2.08 bits per heavy atom. The largest absolute Gasteiger partial charge is 0.370 e. The minimum atomic E-state index is 0.197. The van der Waals surface area contributed by atoms with Crippen molar-refractivity contribution < 1.29 is 4.74 Å². The lowest BCUT2D eigenvalue weighted by Crippen LogP contribution is -2.17. The van der Waals surface area contributed by atoms with Crippen molar-refractivity contribution in [1.82, 2.24) is 0 Å². The maximum absolute atomic E-state index is 5.55. The standard InChI is InChI=1S/C11H20O/c1-6-8-12-11(7-2)10(5)9(3)4/h6,9,11H,1,5,7-8H2,2-4H3. The number of rotatable bonds is 6. The van der Waals surface area contributed by atoms with Crippen molar-refractivity contribution in [2.75, 3.05) is 6.61 Å². The van der Waals surface area contributed by atoms with Crippen LogP contribution in [0.5, 0.6) is 0 Å². The summed E-state index contributed by atoms with van der Waals surface area (Å²) >= 11 is 0. The van der Waals surface area contributed by atoms with Gasteiger partial charge in [-0.3, -0.25) is 0 Å².